The molecule has 1 amide bonds. The van der Waals surface area contributed by atoms with Gasteiger partial charge in [-0.3, -0.25) is 4.79 Å². The number of nitrogens with zero attached hydrogens (tertiary/aromatic N) is 4. The van der Waals surface area contributed by atoms with Crippen molar-refractivity contribution < 1.29 is 4.79 Å². The van der Waals surface area contributed by atoms with Crippen LogP contribution in [0, 0.1) is 0 Å². The molecular formula is C18H17N5OS. The zero-order chi connectivity index (χ0) is 17.1. The highest BCUT2D eigenvalue weighted by Crippen LogP contribution is 2.36. The normalized spacial score (nSPS) is 13.6. The molecule has 7 heteroatoms. The van der Waals surface area contributed by atoms with Crippen molar-refractivity contribution in [3.8, 4) is 0 Å². The van der Waals surface area contributed by atoms with Gasteiger partial charge in [0.1, 0.15) is 0 Å². The minimum absolute atomic E-state index is 0.110. The number of tetrazole rings is 1. The van der Waals surface area contributed by atoms with Crippen LogP contribution in [0.15, 0.2) is 59.8 Å². The zero-order valence-electron chi connectivity index (χ0n) is 13.5. The number of thioether (sulfide) groups is 1. The Hall–Kier alpha value is -2.67. The summed E-state index contributed by atoms with van der Waals surface area (Å²) < 4.78 is 1.90. The van der Waals surface area contributed by atoms with E-state index < -0.39 is 0 Å². The van der Waals surface area contributed by atoms with E-state index in [1.165, 1.54) is 0 Å². The van der Waals surface area contributed by atoms with Gasteiger partial charge in [-0.1, -0.05) is 42.1 Å². The number of hydrogen-bond acceptors (Lipinski definition) is 5. The molecule has 1 aliphatic carbocycles. The van der Waals surface area contributed by atoms with Gasteiger partial charge in [-0.2, -0.15) is 0 Å². The lowest BCUT2D eigenvalue weighted by Crippen LogP contribution is -2.11. The summed E-state index contributed by atoms with van der Waals surface area (Å²) >= 11 is 1.59. The lowest BCUT2D eigenvalue weighted by Gasteiger charge is -2.07. The third-order valence-electron chi connectivity index (χ3n) is 3.94. The molecule has 1 saturated carbocycles. The molecule has 0 bridgehead atoms. The molecule has 6 nitrogen and oxygen atoms in total. The Labute approximate surface area is 149 Å². The molecule has 1 fully saturated rings. The van der Waals surface area contributed by atoms with E-state index in [0.29, 0.717) is 11.6 Å². The van der Waals surface area contributed by atoms with E-state index in [-0.39, 0.29) is 5.91 Å². The highest BCUT2D eigenvalue weighted by Gasteiger charge is 2.27. The molecule has 126 valence electrons. The number of benzene rings is 2. The Kier molecular flexibility index (Phi) is 4.47. The summed E-state index contributed by atoms with van der Waals surface area (Å²) in [6, 6.07) is 17.6. The number of nitrogens with one attached hydrogen (secondary N) is 1. The van der Waals surface area contributed by atoms with Crippen molar-refractivity contribution in [3.05, 3.63) is 65.7 Å². The summed E-state index contributed by atoms with van der Waals surface area (Å²) in [5, 5.41) is 15.7. The molecule has 2 aromatic carbocycles. The summed E-state index contributed by atoms with van der Waals surface area (Å²) in [6.07, 6.45) is 2.29. The van der Waals surface area contributed by atoms with Crippen molar-refractivity contribution in [3.63, 3.8) is 0 Å². The van der Waals surface area contributed by atoms with Crippen molar-refractivity contribution in [2.75, 3.05) is 5.32 Å². The van der Waals surface area contributed by atoms with Gasteiger partial charge in [-0.05, 0) is 53.1 Å². The van der Waals surface area contributed by atoms with Gasteiger partial charge in [0.15, 0.2) is 0 Å². The summed E-state index contributed by atoms with van der Waals surface area (Å²) in [4.78, 5) is 12.4. The molecule has 0 spiro atoms. The number of anilines is 1. The molecule has 1 heterocycles. The Balaban J connectivity index is 1.42. The Morgan fingerprint density at radius 3 is 2.80 bits per heavy atom. The van der Waals surface area contributed by atoms with Crippen LogP contribution in [0.5, 0.6) is 0 Å². The molecule has 3 aromatic rings. The highest BCUT2D eigenvalue weighted by atomic mass is 32.2. The first kappa shape index (κ1) is 15.8. The number of aromatic nitrogens is 4. The van der Waals surface area contributed by atoms with Crippen molar-refractivity contribution >= 4 is 23.4 Å². The van der Waals surface area contributed by atoms with Crippen LogP contribution >= 0.6 is 11.8 Å². The summed E-state index contributed by atoms with van der Waals surface area (Å²) in [5.41, 5.74) is 2.50. The monoisotopic (exact) mass is 351 g/mol. The third-order valence-corrected chi connectivity index (χ3v) is 4.95. The molecule has 4 rings (SSSR count). The fraction of sp³-hybridized carbons (Fsp3) is 0.222. The van der Waals surface area contributed by atoms with Crippen LogP contribution in [-0.2, 0) is 5.75 Å². The van der Waals surface area contributed by atoms with Crippen LogP contribution in [0.4, 0.5) is 5.69 Å². The van der Waals surface area contributed by atoms with Crippen molar-refractivity contribution in [1.82, 2.24) is 20.2 Å². The maximum Gasteiger partial charge on any atom is 0.255 e. The third kappa shape index (κ3) is 3.88. The van der Waals surface area contributed by atoms with Gasteiger partial charge in [0, 0.05) is 17.0 Å². The number of carbonyl (C=O) groups excluding carboxylic acids is 1. The molecule has 1 aromatic heterocycles. The maximum atomic E-state index is 12.4. The van der Waals surface area contributed by atoms with Gasteiger partial charge in [0.05, 0.1) is 6.04 Å². The van der Waals surface area contributed by atoms with E-state index in [1.807, 2.05) is 59.3 Å². The fourth-order valence-corrected chi connectivity index (χ4v) is 3.39. The average Bonchev–Trinajstić information content (AvgIpc) is 3.39. The predicted molar refractivity (Wildman–Crippen MR) is 96.5 cm³/mol. The number of hydrogen-bond donors (Lipinski definition) is 1. The van der Waals surface area contributed by atoms with E-state index in [0.717, 1.165) is 35.0 Å². The Morgan fingerprint density at radius 1 is 1.16 bits per heavy atom. The number of carbonyl (C=O) groups is 1. The van der Waals surface area contributed by atoms with Gasteiger partial charge < -0.3 is 5.32 Å². The smallest absolute Gasteiger partial charge is 0.255 e. The molecule has 0 saturated heterocycles. The first-order valence-corrected chi connectivity index (χ1v) is 9.14. The van der Waals surface area contributed by atoms with E-state index in [1.54, 1.807) is 11.8 Å². The minimum Gasteiger partial charge on any atom is -0.322 e. The van der Waals surface area contributed by atoms with Crippen molar-refractivity contribution in [2.24, 2.45) is 0 Å². The van der Waals surface area contributed by atoms with Gasteiger partial charge in [-0.15, -0.1) is 5.10 Å². The van der Waals surface area contributed by atoms with Crippen LogP contribution < -0.4 is 5.32 Å². The van der Waals surface area contributed by atoms with Crippen LogP contribution in [0.2, 0.25) is 0 Å². The van der Waals surface area contributed by atoms with Crippen molar-refractivity contribution in [1.29, 1.82) is 0 Å². The van der Waals surface area contributed by atoms with E-state index in [9.17, 15) is 4.79 Å². The number of amides is 1. The summed E-state index contributed by atoms with van der Waals surface area (Å²) in [5.74, 6) is 0.611. The Morgan fingerprint density at radius 2 is 2.00 bits per heavy atom. The lowest BCUT2D eigenvalue weighted by atomic mass is 10.1. The molecule has 0 radical (unpaired) electrons. The minimum atomic E-state index is -0.110. The first-order valence-electron chi connectivity index (χ1n) is 8.15. The lowest BCUT2D eigenvalue weighted by molar-refractivity contribution is 0.102. The van der Waals surface area contributed by atoms with E-state index >= 15 is 0 Å². The summed E-state index contributed by atoms with van der Waals surface area (Å²) in [7, 11) is 0. The quantitative estimate of drug-likeness (QED) is 0.688. The van der Waals surface area contributed by atoms with Gasteiger partial charge in [0.2, 0.25) is 5.16 Å². The first-order chi connectivity index (χ1) is 12.3. The van der Waals surface area contributed by atoms with Gasteiger partial charge >= 0.3 is 0 Å². The topological polar surface area (TPSA) is 72.7 Å². The second-order valence-corrected chi connectivity index (χ2v) is 6.89. The van der Waals surface area contributed by atoms with Crippen LogP contribution in [-0.4, -0.2) is 26.1 Å². The standard InChI is InChI=1S/C18H17N5OS/c24-17(19-15-7-2-1-3-8-15)14-6-4-5-13(11-14)12-25-18-20-21-22-23(18)16-9-10-16/h1-8,11,16H,9-10,12H2,(H,19,24). The zero-order valence-corrected chi connectivity index (χ0v) is 14.3. The van der Waals surface area contributed by atoms with Crippen LogP contribution in [0.3, 0.4) is 0 Å². The number of para-hydroxylation sites is 1. The highest BCUT2D eigenvalue weighted by molar-refractivity contribution is 7.98. The predicted octanol–water partition coefficient (Wildman–Crippen LogP) is 3.55. The second-order valence-electron chi connectivity index (χ2n) is 5.95. The SMILES string of the molecule is O=C(Nc1ccccc1)c1cccc(CSc2nnnn2C2CC2)c1. The molecular weight excluding hydrogens is 334 g/mol. The van der Waals surface area contributed by atoms with Gasteiger partial charge in [-0.25, -0.2) is 4.68 Å². The largest absolute Gasteiger partial charge is 0.322 e. The number of rotatable bonds is 6. The molecule has 25 heavy (non-hydrogen) atoms. The van der Waals surface area contributed by atoms with Crippen LogP contribution in [0.25, 0.3) is 0 Å². The van der Waals surface area contributed by atoms with E-state index in [4.69, 9.17) is 0 Å². The molecule has 1 N–H and O–H groups in total. The van der Waals surface area contributed by atoms with Crippen molar-refractivity contribution in [2.45, 2.75) is 29.8 Å². The second kappa shape index (κ2) is 7.06. The van der Waals surface area contributed by atoms with Crippen LogP contribution in [0.1, 0.15) is 34.8 Å². The maximum absolute atomic E-state index is 12.4. The Bertz CT molecular complexity index is 876. The average molecular weight is 351 g/mol. The molecule has 0 unspecified atom stereocenters. The molecule has 0 atom stereocenters. The fourth-order valence-electron chi connectivity index (χ4n) is 2.50. The van der Waals surface area contributed by atoms with E-state index in [2.05, 4.69) is 20.8 Å². The van der Waals surface area contributed by atoms with Gasteiger partial charge in [0.25, 0.3) is 5.91 Å². The molecule has 0 aliphatic heterocycles. The molecule has 1 aliphatic rings. The summed E-state index contributed by atoms with van der Waals surface area (Å²) in [6.45, 7) is 0.